The molecular weight excluding hydrogens is 320 g/mol. The predicted octanol–water partition coefficient (Wildman–Crippen LogP) is 3.38. The Balaban J connectivity index is 1.86. The second kappa shape index (κ2) is 7.16. The Bertz CT molecular complexity index is 649. The van der Waals surface area contributed by atoms with Crippen LogP contribution in [0.25, 0.3) is 0 Å². The molecule has 25 heavy (non-hydrogen) atoms. The van der Waals surface area contributed by atoms with Gasteiger partial charge in [0, 0.05) is 18.6 Å². The summed E-state index contributed by atoms with van der Waals surface area (Å²) < 4.78 is 10.9. The molecule has 2 aliphatic heterocycles. The van der Waals surface area contributed by atoms with E-state index < -0.39 is 11.2 Å². The van der Waals surface area contributed by atoms with Gasteiger partial charge in [0.1, 0.15) is 17.5 Å². The van der Waals surface area contributed by atoms with E-state index in [1.54, 1.807) is 20.8 Å². The minimum absolute atomic E-state index is 0.124. The van der Waals surface area contributed by atoms with E-state index in [2.05, 4.69) is 0 Å². The van der Waals surface area contributed by atoms with Gasteiger partial charge in [0.25, 0.3) is 0 Å². The first-order valence-electron chi connectivity index (χ1n) is 8.73. The van der Waals surface area contributed by atoms with Crippen molar-refractivity contribution in [2.45, 2.75) is 77.6 Å². The van der Waals surface area contributed by atoms with Crippen LogP contribution in [0.1, 0.15) is 60.3 Å². The third-order valence-electron chi connectivity index (χ3n) is 4.61. The fraction of sp³-hybridized carbons (Fsp3) is 0.600. The van der Waals surface area contributed by atoms with Gasteiger partial charge in [-0.3, -0.25) is 4.79 Å². The summed E-state index contributed by atoms with van der Waals surface area (Å²) in [6.45, 7) is 8.98. The van der Waals surface area contributed by atoms with Gasteiger partial charge in [-0.05, 0) is 60.0 Å². The van der Waals surface area contributed by atoms with Crippen LogP contribution in [0.2, 0.25) is 0 Å². The number of esters is 1. The predicted molar refractivity (Wildman–Crippen MR) is 94.7 cm³/mol. The third kappa shape index (κ3) is 5.05. The molecule has 1 N–H and O–H groups in total. The first kappa shape index (κ1) is 19.4. The van der Waals surface area contributed by atoms with E-state index in [0.29, 0.717) is 12.2 Å². The molecule has 0 aromatic heterocycles. The Morgan fingerprint density at radius 2 is 2.08 bits per heavy atom. The van der Waals surface area contributed by atoms with Crippen molar-refractivity contribution in [3.63, 3.8) is 0 Å². The fourth-order valence-corrected chi connectivity index (χ4v) is 3.04. The lowest BCUT2D eigenvalue weighted by Crippen LogP contribution is -2.32. The SMILES string of the molecule is CC1=CC(=O)O[C@H](/C=C(\C)CCC[C@@](C)(O)C2=CC(=O)C(C)(C)O2)C1. The Labute approximate surface area is 149 Å². The van der Waals surface area contributed by atoms with Gasteiger partial charge >= 0.3 is 5.97 Å². The summed E-state index contributed by atoms with van der Waals surface area (Å²) in [4.78, 5) is 23.3. The standard InChI is InChI=1S/C20H28O5/c1-13(9-15-10-14(2)11-18(22)24-15)7-6-8-20(5,23)17-12-16(21)19(3,4)25-17/h9,11-12,15,23H,6-8,10H2,1-5H3/b13-9+/t15-,20-/m1/s1. The number of carbonyl (C=O) groups excluding carboxylic acids is 2. The van der Waals surface area contributed by atoms with Crippen LogP contribution < -0.4 is 0 Å². The lowest BCUT2D eigenvalue weighted by molar-refractivity contribution is -0.142. The van der Waals surface area contributed by atoms with Gasteiger partial charge in [-0.1, -0.05) is 11.1 Å². The molecule has 2 aliphatic rings. The molecule has 0 aromatic carbocycles. The smallest absolute Gasteiger partial charge is 0.331 e. The molecule has 2 atom stereocenters. The number of hydrogen-bond acceptors (Lipinski definition) is 5. The van der Waals surface area contributed by atoms with E-state index in [-0.39, 0.29) is 17.9 Å². The number of hydrogen-bond donors (Lipinski definition) is 1. The minimum atomic E-state index is -1.17. The maximum absolute atomic E-state index is 11.8. The second-order valence-corrected chi connectivity index (χ2v) is 7.80. The summed E-state index contributed by atoms with van der Waals surface area (Å²) in [5.74, 6) is -0.0779. The largest absolute Gasteiger partial charge is 0.481 e. The number of cyclic esters (lactones) is 1. The maximum Gasteiger partial charge on any atom is 0.331 e. The van der Waals surface area contributed by atoms with E-state index in [9.17, 15) is 14.7 Å². The zero-order chi connectivity index (χ0) is 18.8. The number of allylic oxidation sites excluding steroid dienone is 1. The molecule has 0 amide bonds. The summed E-state index contributed by atoms with van der Waals surface area (Å²) in [6, 6.07) is 0. The average Bonchev–Trinajstić information content (AvgIpc) is 2.72. The van der Waals surface area contributed by atoms with Crippen molar-refractivity contribution in [2.75, 3.05) is 0 Å². The van der Waals surface area contributed by atoms with Crippen LogP contribution in [0.15, 0.2) is 35.1 Å². The van der Waals surface area contributed by atoms with Crippen LogP contribution in [0.4, 0.5) is 0 Å². The van der Waals surface area contributed by atoms with Gasteiger partial charge in [0.2, 0.25) is 5.78 Å². The molecule has 2 heterocycles. The highest BCUT2D eigenvalue weighted by molar-refractivity contribution is 5.99. The quantitative estimate of drug-likeness (QED) is 0.588. The van der Waals surface area contributed by atoms with E-state index in [1.807, 2.05) is 19.9 Å². The summed E-state index contributed by atoms with van der Waals surface area (Å²) in [7, 11) is 0. The van der Waals surface area contributed by atoms with E-state index in [1.165, 1.54) is 12.2 Å². The Kier molecular flexibility index (Phi) is 5.57. The van der Waals surface area contributed by atoms with Crippen LogP contribution in [0.5, 0.6) is 0 Å². The van der Waals surface area contributed by atoms with Gasteiger partial charge in [0.15, 0.2) is 5.60 Å². The molecule has 0 aromatic rings. The molecule has 2 rings (SSSR count). The third-order valence-corrected chi connectivity index (χ3v) is 4.61. The molecule has 0 aliphatic carbocycles. The maximum atomic E-state index is 11.8. The molecule has 0 saturated carbocycles. The van der Waals surface area contributed by atoms with Crippen molar-refractivity contribution in [1.82, 2.24) is 0 Å². The molecule has 0 bridgehead atoms. The van der Waals surface area contributed by atoms with Crippen molar-refractivity contribution in [2.24, 2.45) is 0 Å². The Morgan fingerprint density at radius 1 is 1.40 bits per heavy atom. The number of ketones is 1. The van der Waals surface area contributed by atoms with Crippen molar-refractivity contribution >= 4 is 11.8 Å². The molecule has 5 nitrogen and oxygen atoms in total. The summed E-state index contributed by atoms with van der Waals surface area (Å²) >= 11 is 0. The fourth-order valence-electron chi connectivity index (χ4n) is 3.04. The van der Waals surface area contributed by atoms with E-state index in [4.69, 9.17) is 9.47 Å². The van der Waals surface area contributed by atoms with Gasteiger partial charge in [-0.25, -0.2) is 4.79 Å². The number of carbonyl (C=O) groups is 2. The summed E-state index contributed by atoms with van der Waals surface area (Å²) in [5, 5.41) is 10.6. The Morgan fingerprint density at radius 3 is 2.64 bits per heavy atom. The van der Waals surface area contributed by atoms with Gasteiger partial charge < -0.3 is 14.6 Å². The highest BCUT2D eigenvalue weighted by Gasteiger charge is 2.41. The molecule has 138 valence electrons. The molecule has 0 fully saturated rings. The van der Waals surface area contributed by atoms with Crippen molar-refractivity contribution in [3.05, 3.63) is 35.1 Å². The van der Waals surface area contributed by atoms with Crippen molar-refractivity contribution in [1.29, 1.82) is 0 Å². The average molecular weight is 348 g/mol. The number of ether oxygens (including phenoxy) is 2. The molecule has 0 radical (unpaired) electrons. The van der Waals surface area contributed by atoms with Crippen LogP contribution in [-0.4, -0.2) is 34.2 Å². The molecule has 0 spiro atoms. The van der Waals surface area contributed by atoms with Crippen LogP contribution >= 0.6 is 0 Å². The lowest BCUT2D eigenvalue weighted by atomic mass is 9.94. The Hall–Kier alpha value is -1.88. The van der Waals surface area contributed by atoms with E-state index in [0.717, 1.165) is 30.4 Å². The normalized spacial score (nSPS) is 25.7. The zero-order valence-corrected chi connectivity index (χ0v) is 15.7. The first-order valence-corrected chi connectivity index (χ1v) is 8.73. The molecule has 0 unspecified atom stereocenters. The lowest BCUT2D eigenvalue weighted by Gasteiger charge is -2.28. The summed E-state index contributed by atoms with van der Waals surface area (Å²) in [6.07, 6.45) is 7.40. The minimum Gasteiger partial charge on any atom is -0.481 e. The van der Waals surface area contributed by atoms with Crippen molar-refractivity contribution in [3.8, 4) is 0 Å². The van der Waals surface area contributed by atoms with Crippen molar-refractivity contribution < 1.29 is 24.2 Å². The highest BCUT2D eigenvalue weighted by atomic mass is 16.5. The first-order chi connectivity index (χ1) is 11.5. The molecule has 0 saturated heterocycles. The topological polar surface area (TPSA) is 72.8 Å². The van der Waals surface area contributed by atoms with E-state index >= 15 is 0 Å². The van der Waals surface area contributed by atoms with Gasteiger partial charge in [-0.15, -0.1) is 0 Å². The van der Waals surface area contributed by atoms with Gasteiger partial charge in [0.05, 0.1) is 0 Å². The highest BCUT2D eigenvalue weighted by Crippen LogP contribution is 2.34. The van der Waals surface area contributed by atoms with Crippen LogP contribution in [0.3, 0.4) is 0 Å². The van der Waals surface area contributed by atoms with Crippen LogP contribution in [-0.2, 0) is 19.1 Å². The zero-order valence-electron chi connectivity index (χ0n) is 15.7. The summed E-state index contributed by atoms with van der Waals surface area (Å²) in [5.41, 5.74) is 0.0676. The monoisotopic (exact) mass is 348 g/mol. The molecular formula is C20H28O5. The van der Waals surface area contributed by atoms with Crippen LogP contribution in [0, 0.1) is 0 Å². The second-order valence-electron chi connectivity index (χ2n) is 7.80. The number of rotatable bonds is 6. The molecule has 5 heteroatoms. The number of aliphatic hydroxyl groups is 1. The van der Waals surface area contributed by atoms with Gasteiger partial charge in [-0.2, -0.15) is 0 Å².